The van der Waals surface area contributed by atoms with Gasteiger partial charge < -0.3 is 10.4 Å². The molecule has 2 nitrogen and oxygen atoms in total. The summed E-state index contributed by atoms with van der Waals surface area (Å²) >= 11 is 0. The van der Waals surface area contributed by atoms with Crippen molar-refractivity contribution in [2.45, 2.75) is 32.6 Å². The summed E-state index contributed by atoms with van der Waals surface area (Å²) in [6.45, 7) is 6.62. The van der Waals surface area contributed by atoms with Crippen LogP contribution in [0.4, 0.5) is 0 Å². The third-order valence-electron chi connectivity index (χ3n) is 2.65. The van der Waals surface area contributed by atoms with E-state index in [1.165, 1.54) is 16.8 Å². The van der Waals surface area contributed by atoms with Crippen LogP contribution in [-0.2, 0) is 11.8 Å². The Kier molecular flexibility index (Phi) is 1.88. The highest BCUT2D eigenvalue weighted by Gasteiger charge is 2.22. The van der Waals surface area contributed by atoms with Crippen LogP contribution in [0.3, 0.4) is 0 Å². The average Bonchev–Trinajstić information content (AvgIpc) is 2.45. The van der Waals surface area contributed by atoms with E-state index in [-0.39, 0.29) is 5.41 Å². The maximum Gasteiger partial charge on any atom is 0.0420 e. The van der Waals surface area contributed by atoms with Crippen molar-refractivity contribution in [2.24, 2.45) is 0 Å². The van der Waals surface area contributed by atoms with E-state index >= 15 is 0 Å². The second-order valence-electron chi connectivity index (χ2n) is 4.88. The first-order valence-electron chi connectivity index (χ1n) is 4.95. The van der Waals surface area contributed by atoms with Crippen molar-refractivity contribution in [3.8, 4) is 0 Å². The fraction of sp³-hybridized carbons (Fsp3) is 0.417. The highest BCUT2D eigenvalue weighted by molar-refractivity contribution is 6.00. The molecule has 0 radical (unpaired) electrons. The zero-order chi connectivity index (χ0) is 10.3. The van der Waals surface area contributed by atoms with Gasteiger partial charge in [-0.3, -0.25) is 0 Å². The summed E-state index contributed by atoms with van der Waals surface area (Å²) in [6, 6.07) is 0. The fourth-order valence-electron chi connectivity index (χ4n) is 1.91. The van der Waals surface area contributed by atoms with Crippen LogP contribution >= 0.6 is 0 Å². The standard InChI is InChI=1S/C12H16N2/c1-12(2,3)10-7-14-11-5-4-8(13)6-9(10)11/h4-5,7,13-14H,6H2,1-3H3. The molecule has 0 atom stereocenters. The Morgan fingerprint density at radius 1 is 1.29 bits per heavy atom. The molecule has 0 amide bonds. The average molecular weight is 188 g/mol. The predicted octanol–water partition coefficient (Wildman–Crippen LogP) is 2.90. The normalized spacial score (nSPS) is 15.8. The fourth-order valence-corrected chi connectivity index (χ4v) is 1.91. The van der Waals surface area contributed by atoms with Crippen LogP contribution in [0.5, 0.6) is 0 Å². The van der Waals surface area contributed by atoms with Crippen molar-refractivity contribution in [3.63, 3.8) is 0 Å². The minimum Gasteiger partial charge on any atom is -0.361 e. The Labute approximate surface area is 84.6 Å². The molecule has 2 rings (SSSR count). The van der Waals surface area contributed by atoms with Gasteiger partial charge in [0.1, 0.15) is 0 Å². The smallest absolute Gasteiger partial charge is 0.0420 e. The van der Waals surface area contributed by atoms with Crippen molar-refractivity contribution in [2.75, 3.05) is 0 Å². The molecule has 0 aliphatic heterocycles. The lowest BCUT2D eigenvalue weighted by atomic mass is 9.83. The molecule has 0 spiro atoms. The molecule has 0 fully saturated rings. The number of rotatable bonds is 0. The molecule has 14 heavy (non-hydrogen) atoms. The number of hydrogen-bond donors (Lipinski definition) is 2. The summed E-state index contributed by atoms with van der Waals surface area (Å²) in [7, 11) is 0. The molecule has 1 heterocycles. The van der Waals surface area contributed by atoms with Gasteiger partial charge in [-0.05, 0) is 28.7 Å². The molecule has 2 heteroatoms. The van der Waals surface area contributed by atoms with Gasteiger partial charge in [0.15, 0.2) is 0 Å². The molecule has 0 saturated carbocycles. The van der Waals surface area contributed by atoms with E-state index in [2.05, 4.69) is 32.0 Å². The van der Waals surface area contributed by atoms with Crippen LogP contribution in [0.1, 0.15) is 37.6 Å². The first-order chi connectivity index (χ1) is 6.48. The van der Waals surface area contributed by atoms with E-state index in [1.54, 1.807) is 0 Å². The summed E-state index contributed by atoms with van der Waals surface area (Å²) < 4.78 is 0. The van der Waals surface area contributed by atoms with Gasteiger partial charge in [0.2, 0.25) is 0 Å². The lowest BCUT2D eigenvalue weighted by Crippen LogP contribution is -2.15. The zero-order valence-electron chi connectivity index (χ0n) is 8.94. The Balaban J connectivity index is 2.52. The molecular formula is C12H16N2. The number of nitrogens with one attached hydrogen (secondary N) is 2. The predicted molar refractivity (Wildman–Crippen MR) is 60.0 cm³/mol. The van der Waals surface area contributed by atoms with Crippen molar-refractivity contribution in [3.05, 3.63) is 29.1 Å². The minimum absolute atomic E-state index is 0.162. The second kappa shape index (κ2) is 2.84. The molecular weight excluding hydrogens is 172 g/mol. The van der Waals surface area contributed by atoms with Crippen molar-refractivity contribution in [1.82, 2.24) is 4.98 Å². The van der Waals surface area contributed by atoms with E-state index in [4.69, 9.17) is 5.41 Å². The first-order valence-corrected chi connectivity index (χ1v) is 4.95. The quantitative estimate of drug-likeness (QED) is 0.628. The molecule has 0 bridgehead atoms. The highest BCUT2D eigenvalue weighted by Crippen LogP contribution is 2.30. The Morgan fingerprint density at radius 2 is 2.00 bits per heavy atom. The van der Waals surface area contributed by atoms with E-state index in [0.717, 1.165) is 6.42 Å². The van der Waals surface area contributed by atoms with Gasteiger partial charge >= 0.3 is 0 Å². The van der Waals surface area contributed by atoms with Gasteiger partial charge in [0, 0.05) is 24.0 Å². The Bertz CT molecular complexity index is 402. The number of hydrogen-bond acceptors (Lipinski definition) is 1. The van der Waals surface area contributed by atoms with Gasteiger partial charge in [-0.15, -0.1) is 0 Å². The highest BCUT2D eigenvalue weighted by atomic mass is 14.7. The summed E-state index contributed by atoms with van der Waals surface area (Å²) in [5.41, 5.74) is 4.66. The number of allylic oxidation sites excluding steroid dienone is 1. The number of aromatic nitrogens is 1. The summed E-state index contributed by atoms with van der Waals surface area (Å²) in [5, 5.41) is 7.66. The van der Waals surface area contributed by atoms with Gasteiger partial charge in [-0.1, -0.05) is 20.8 Å². The molecule has 0 saturated heterocycles. The SMILES string of the molecule is CC(C)(C)c1c[nH]c2c1CC(=N)C=C2. The van der Waals surface area contributed by atoms with Crippen molar-refractivity contribution in [1.29, 1.82) is 5.41 Å². The van der Waals surface area contributed by atoms with Crippen LogP contribution in [-0.4, -0.2) is 10.7 Å². The van der Waals surface area contributed by atoms with Crippen LogP contribution in [0.15, 0.2) is 12.3 Å². The van der Waals surface area contributed by atoms with E-state index in [0.29, 0.717) is 5.71 Å². The molecule has 0 aromatic carbocycles. The first kappa shape index (κ1) is 9.25. The summed E-state index contributed by atoms with van der Waals surface area (Å²) in [5.74, 6) is 0. The molecule has 1 aromatic rings. The van der Waals surface area contributed by atoms with E-state index in [1.807, 2.05) is 12.2 Å². The molecule has 1 aliphatic carbocycles. The van der Waals surface area contributed by atoms with Crippen LogP contribution in [0.2, 0.25) is 0 Å². The molecule has 74 valence electrons. The zero-order valence-corrected chi connectivity index (χ0v) is 8.94. The monoisotopic (exact) mass is 188 g/mol. The Morgan fingerprint density at radius 3 is 2.64 bits per heavy atom. The maximum atomic E-state index is 7.66. The number of fused-ring (bicyclic) bond motifs is 1. The summed E-state index contributed by atoms with van der Waals surface area (Å²) in [4.78, 5) is 3.27. The van der Waals surface area contributed by atoms with Gasteiger partial charge in [0.25, 0.3) is 0 Å². The van der Waals surface area contributed by atoms with Crippen LogP contribution in [0.25, 0.3) is 6.08 Å². The lowest BCUT2D eigenvalue weighted by Gasteiger charge is -2.20. The minimum atomic E-state index is 0.162. The van der Waals surface area contributed by atoms with Crippen LogP contribution < -0.4 is 0 Å². The van der Waals surface area contributed by atoms with Crippen LogP contribution in [0, 0.1) is 5.41 Å². The van der Waals surface area contributed by atoms with Gasteiger partial charge in [-0.2, -0.15) is 0 Å². The molecule has 1 aromatic heterocycles. The van der Waals surface area contributed by atoms with Gasteiger partial charge in [0.05, 0.1) is 0 Å². The lowest BCUT2D eigenvalue weighted by molar-refractivity contribution is 0.586. The molecule has 0 unspecified atom stereocenters. The van der Waals surface area contributed by atoms with E-state index in [9.17, 15) is 0 Å². The summed E-state index contributed by atoms with van der Waals surface area (Å²) in [6.07, 6.45) is 6.71. The van der Waals surface area contributed by atoms with Gasteiger partial charge in [-0.25, -0.2) is 0 Å². The molecule has 1 aliphatic rings. The third kappa shape index (κ3) is 1.41. The van der Waals surface area contributed by atoms with Crippen molar-refractivity contribution >= 4 is 11.8 Å². The third-order valence-corrected chi connectivity index (χ3v) is 2.65. The number of H-pyrrole nitrogens is 1. The Hall–Kier alpha value is -1.31. The van der Waals surface area contributed by atoms with E-state index < -0.39 is 0 Å². The second-order valence-corrected chi connectivity index (χ2v) is 4.88. The van der Waals surface area contributed by atoms with Crippen molar-refractivity contribution < 1.29 is 0 Å². The largest absolute Gasteiger partial charge is 0.361 e. The molecule has 2 N–H and O–H groups in total. The topological polar surface area (TPSA) is 39.6 Å². The maximum absolute atomic E-state index is 7.66. The number of aromatic amines is 1.